The summed E-state index contributed by atoms with van der Waals surface area (Å²) in [5.41, 5.74) is 9.17. The van der Waals surface area contributed by atoms with Gasteiger partial charge >= 0.3 is 0 Å². The van der Waals surface area contributed by atoms with E-state index in [-0.39, 0.29) is 0 Å². The van der Waals surface area contributed by atoms with Gasteiger partial charge in [0, 0.05) is 0 Å². The van der Waals surface area contributed by atoms with Crippen molar-refractivity contribution in [2.75, 3.05) is 0 Å². The van der Waals surface area contributed by atoms with Gasteiger partial charge in [0.1, 0.15) is 0 Å². The number of hydrogen-bond acceptors (Lipinski definition) is 0. The van der Waals surface area contributed by atoms with Crippen molar-refractivity contribution >= 4 is 11.1 Å². The fourth-order valence-electron chi connectivity index (χ4n) is 3.99. The van der Waals surface area contributed by atoms with Crippen LogP contribution in [0.5, 0.6) is 0 Å². The molecular formula is C23H24. The summed E-state index contributed by atoms with van der Waals surface area (Å²) in [6.45, 7) is 0. The summed E-state index contributed by atoms with van der Waals surface area (Å²) < 4.78 is 0. The summed E-state index contributed by atoms with van der Waals surface area (Å²) in [7, 11) is 0. The molecule has 2 aromatic rings. The molecule has 0 fully saturated rings. The van der Waals surface area contributed by atoms with E-state index in [9.17, 15) is 0 Å². The molecular weight excluding hydrogens is 276 g/mol. The molecule has 4 rings (SSSR count). The minimum atomic E-state index is 1.13. The van der Waals surface area contributed by atoms with Gasteiger partial charge in [0.25, 0.3) is 0 Å². The van der Waals surface area contributed by atoms with Gasteiger partial charge in [-0.25, -0.2) is 0 Å². The number of allylic oxidation sites excluding steroid dienone is 4. The van der Waals surface area contributed by atoms with Crippen molar-refractivity contribution in [1.82, 2.24) is 0 Å². The molecule has 2 aromatic carbocycles. The molecule has 0 atom stereocenters. The van der Waals surface area contributed by atoms with Crippen LogP contribution in [0.4, 0.5) is 0 Å². The average Bonchev–Trinajstić information content (AvgIpc) is 3.19. The molecule has 0 amide bonds. The highest BCUT2D eigenvalue weighted by atomic mass is 14.2. The summed E-state index contributed by atoms with van der Waals surface area (Å²) in [5.74, 6) is 0. The molecule has 0 nitrogen and oxygen atoms in total. The van der Waals surface area contributed by atoms with Crippen LogP contribution >= 0.6 is 0 Å². The molecule has 0 heteroatoms. The van der Waals surface area contributed by atoms with Gasteiger partial charge < -0.3 is 0 Å². The summed E-state index contributed by atoms with van der Waals surface area (Å²) in [5, 5.41) is 0. The smallest absolute Gasteiger partial charge is 0.00854 e. The monoisotopic (exact) mass is 300 g/mol. The molecule has 116 valence electrons. The normalized spacial score (nSPS) is 15.1. The van der Waals surface area contributed by atoms with Crippen molar-refractivity contribution in [2.45, 2.75) is 44.9 Å². The maximum absolute atomic E-state index is 2.43. The zero-order valence-corrected chi connectivity index (χ0v) is 13.7. The van der Waals surface area contributed by atoms with Crippen LogP contribution < -0.4 is 0 Å². The Kier molecular flexibility index (Phi) is 4.15. The third-order valence-corrected chi connectivity index (χ3v) is 5.26. The first-order valence-electron chi connectivity index (χ1n) is 8.96. The van der Waals surface area contributed by atoms with Crippen molar-refractivity contribution in [2.24, 2.45) is 0 Å². The lowest BCUT2D eigenvalue weighted by molar-refractivity contribution is 0.706. The number of rotatable bonds is 6. The summed E-state index contributed by atoms with van der Waals surface area (Å²) in [4.78, 5) is 0. The van der Waals surface area contributed by atoms with E-state index in [1.807, 2.05) is 0 Å². The third-order valence-electron chi connectivity index (χ3n) is 5.26. The SMILES string of the molecule is C1=C(CCCCCC2=CCc3ccccc32)c2ccccc2C1. The van der Waals surface area contributed by atoms with E-state index in [0.29, 0.717) is 0 Å². The third kappa shape index (κ3) is 3.03. The lowest BCUT2D eigenvalue weighted by atomic mass is 9.98. The number of unbranched alkanes of at least 4 members (excludes halogenated alkanes) is 2. The maximum atomic E-state index is 2.43. The second kappa shape index (κ2) is 6.58. The molecule has 23 heavy (non-hydrogen) atoms. The van der Waals surface area contributed by atoms with Crippen molar-refractivity contribution in [1.29, 1.82) is 0 Å². The molecule has 0 saturated heterocycles. The predicted molar refractivity (Wildman–Crippen MR) is 99.3 cm³/mol. The molecule has 0 N–H and O–H groups in total. The quantitative estimate of drug-likeness (QED) is 0.556. The van der Waals surface area contributed by atoms with E-state index in [1.54, 1.807) is 11.1 Å². The first-order valence-corrected chi connectivity index (χ1v) is 8.96. The summed E-state index contributed by atoms with van der Waals surface area (Å²) in [6.07, 6.45) is 13.6. The molecule has 0 bridgehead atoms. The van der Waals surface area contributed by atoms with Crippen LogP contribution in [-0.2, 0) is 12.8 Å². The summed E-state index contributed by atoms with van der Waals surface area (Å²) in [6, 6.07) is 17.8. The zero-order chi connectivity index (χ0) is 15.5. The second-order valence-electron chi connectivity index (χ2n) is 6.74. The van der Waals surface area contributed by atoms with Crippen molar-refractivity contribution < 1.29 is 0 Å². The molecule has 2 aliphatic carbocycles. The zero-order valence-electron chi connectivity index (χ0n) is 13.7. The predicted octanol–water partition coefficient (Wildman–Crippen LogP) is 6.22. The van der Waals surface area contributed by atoms with Crippen LogP contribution in [0.15, 0.2) is 60.7 Å². The Morgan fingerprint density at radius 3 is 1.57 bits per heavy atom. The van der Waals surface area contributed by atoms with Crippen LogP contribution in [0.25, 0.3) is 11.1 Å². The highest BCUT2D eigenvalue weighted by Gasteiger charge is 2.14. The Bertz CT molecular complexity index is 696. The van der Waals surface area contributed by atoms with Gasteiger partial charge in [-0.3, -0.25) is 0 Å². The second-order valence-corrected chi connectivity index (χ2v) is 6.74. The Hall–Kier alpha value is -2.08. The molecule has 0 unspecified atom stereocenters. The molecule has 0 radical (unpaired) electrons. The Morgan fingerprint density at radius 1 is 0.565 bits per heavy atom. The largest absolute Gasteiger partial charge is 0.0763 e. The van der Waals surface area contributed by atoms with Crippen molar-refractivity contribution in [3.05, 3.63) is 82.9 Å². The highest BCUT2D eigenvalue weighted by Crippen LogP contribution is 2.33. The van der Waals surface area contributed by atoms with Crippen LogP contribution in [0.2, 0.25) is 0 Å². The standard InChI is InChI=1S/C23H24/c1(2-8-18-14-16-20-10-4-6-12-22(18)20)3-9-19-15-17-21-11-5-7-13-23(19)21/h4-7,10-15H,1-3,8-9,16-17H2. The maximum Gasteiger partial charge on any atom is -0.00854 e. The number of benzene rings is 2. The van der Waals surface area contributed by atoms with Gasteiger partial charge in [0.05, 0.1) is 0 Å². The van der Waals surface area contributed by atoms with Crippen LogP contribution in [0, 0.1) is 0 Å². The Balaban J connectivity index is 1.24. The molecule has 0 saturated carbocycles. The van der Waals surface area contributed by atoms with E-state index in [2.05, 4.69) is 60.7 Å². The van der Waals surface area contributed by atoms with Crippen molar-refractivity contribution in [3.63, 3.8) is 0 Å². The van der Waals surface area contributed by atoms with Gasteiger partial charge in [-0.2, -0.15) is 0 Å². The van der Waals surface area contributed by atoms with E-state index >= 15 is 0 Å². The Morgan fingerprint density at radius 2 is 1.04 bits per heavy atom. The lowest BCUT2D eigenvalue weighted by Gasteiger charge is -2.07. The first-order chi connectivity index (χ1) is 11.4. The number of fused-ring (bicyclic) bond motifs is 2. The average molecular weight is 300 g/mol. The minimum Gasteiger partial charge on any atom is -0.0763 e. The fraction of sp³-hybridized carbons (Fsp3) is 0.304. The molecule has 0 aliphatic heterocycles. The topological polar surface area (TPSA) is 0 Å². The van der Waals surface area contributed by atoms with Crippen LogP contribution in [0.3, 0.4) is 0 Å². The van der Waals surface area contributed by atoms with E-state index in [0.717, 1.165) is 12.8 Å². The molecule has 0 heterocycles. The Labute approximate surface area is 139 Å². The van der Waals surface area contributed by atoms with Gasteiger partial charge in [-0.05, 0) is 71.9 Å². The number of hydrogen-bond donors (Lipinski definition) is 0. The van der Waals surface area contributed by atoms with E-state index in [4.69, 9.17) is 0 Å². The van der Waals surface area contributed by atoms with Crippen LogP contribution in [0.1, 0.15) is 54.4 Å². The van der Waals surface area contributed by atoms with Gasteiger partial charge in [-0.15, -0.1) is 0 Å². The molecule has 0 spiro atoms. The minimum absolute atomic E-state index is 1.13. The fourth-order valence-corrected chi connectivity index (χ4v) is 3.99. The van der Waals surface area contributed by atoms with Crippen LogP contribution in [-0.4, -0.2) is 0 Å². The van der Waals surface area contributed by atoms with Gasteiger partial charge in [0.2, 0.25) is 0 Å². The molecule has 0 aromatic heterocycles. The van der Waals surface area contributed by atoms with Crippen molar-refractivity contribution in [3.8, 4) is 0 Å². The van der Waals surface area contributed by atoms with Gasteiger partial charge in [0.15, 0.2) is 0 Å². The van der Waals surface area contributed by atoms with E-state index < -0.39 is 0 Å². The van der Waals surface area contributed by atoms with E-state index in [1.165, 1.54) is 54.4 Å². The highest BCUT2D eigenvalue weighted by molar-refractivity contribution is 5.73. The van der Waals surface area contributed by atoms with Gasteiger partial charge in [-0.1, -0.05) is 67.1 Å². The lowest BCUT2D eigenvalue weighted by Crippen LogP contribution is -1.87. The first kappa shape index (κ1) is 14.5. The summed E-state index contributed by atoms with van der Waals surface area (Å²) >= 11 is 0. The molecule has 2 aliphatic rings.